The van der Waals surface area contributed by atoms with Crippen molar-refractivity contribution in [3.05, 3.63) is 87.1 Å². The van der Waals surface area contributed by atoms with Crippen LogP contribution in [-0.2, 0) is 47.7 Å². The first-order chi connectivity index (χ1) is 24.0. The molecule has 1 fully saturated rings. The predicted octanol–water partition coefficient (Wildman–Crippen LogP) is 3.92. The molecule has 0 bridgehead atoms. The summed E-state index contributed by atoms with van der Waals surface area (Å²) >= 11 is 0. The molecule has 3 heterocycles. The average Bonchev–Trinajstić information content (AvgIpc) is 3.44. The lowest BCUT2D eigenvalue weighted by molar-refractivity contribution is -0.386. The van der Waals surface area contributed by atoms with Gasteiger partial charge in [-0.1, -0.05) is 29.0 Å². The van der Waals surface area contributed by atoms with E-state index in [0.29, 0.717) is 12.2 Å². The van der Waals surface area contributed by atoms with E-state index >= 15 is 0 Å². The number of carbonyl (C=O) groups is 1. The highest BCUT2D eigenvalue weighted by Crippen LogP contribution is 2.66. The van der Waals surface area contributed by atoms with Crippen LogP contribution in [0.5, 0.6) is 0 Å². The number of para-hydroxylation sites is 1. The molecule has 3 unspecified atom stereocenters. The number of nitro benzene ring substituents is 1. The summed E-state index contributed by atoms with van der Waals surface area (Å²) in [6.45, 7) is -1.28. The Hall–Kier alpha value is -2.85. The van der Waals surface area contributed by atoms with Gasteiger partial charge in [-0.05, 0) is 41.5 Å². The highest BCUT2D eigenvalue weighted by atomic mass is 33.1. The Morgan fingerprint density at radius 3 is 2.51 bits per heavy atom. The Morgan fingerprint density at radius 2 is 1.82 bits per heavy atom. The van der Waals surface area contributed by atoms with Crippen molar-refractivity contribution in [1.82, 2.24) is 14.5 Å². The summed E-state index contributed by atoms with van der Waals surface area (Å²) in [6.07, 6.45) is -0.0922. The van der Waals surface area contributed by atoms with Crippen molar-refractivity contribution in [1.29, 1.82) is 0 Å². The summed E-state index contributed by atoms with van der Waals surface area (Å²) in [5.74, 6) is 0.241. The molecule has 5 atom stereocenters. The molecule has 1 aliphatic rings. The number of carbonyl (C=O) groups excluding carboxylic acids is 1. The maximum atomic E-state index is 13.0. The van der Waals surface area contributed by atoms with Crippen LogP contribution < -0.4 is 11.0 Å². The molecule has 0 saturated carbocycles. The highest BCUT2D eigenvalue weighted by molar-refractivity contribution is 8.76. The minimum Gasteiger partial charge on any atom is -0.370 e. The molecule has 4 rings (SSSR count). The second-order valence-corrected chi connectivity index (χ2v) is 17.1. The van der Waals surface area contributed by atoms with E-state index in [2.05, 4.69) is 23.9 Å². The lowest BCUT2D eigenvalue weighted by Crippen LogP contribution is -2.29. The molecule has 1 amide bonds. The van der Waals surface area contributed by atoms with E-state index in [1.54, 1.807) is 6.20 Å². The zero-order valence-electron chi connectivity index (χ0n) is 25.9. The normalized spacial score (nSPS) is 20.0. The largest absolute Gasteiger partial charge is 0.490 e. The van der Waals surface area contributed by atoms with E-state index in [4.69, 9.17) is 23.8 Å². The fraction of sp³-hybridized carbons (Fsp3) is 0.360. The third-order valence-electron chi connectivity index (χ3n) is 6.46. The smallest absolute Gasteiger partial charge is 0.370 e. The van der Waals surface area contributed by atoms with E-state index in [-0.39, 0.29) is 42.4 Å². The fourth-order valence-electron chi connectivity index (χ4n) is 4.37. The molecule has 1 saturated heterocycles. The molecule has 0 aliphatic carbocycles. The Balaban J connectivity index is 1.39. The van der Waals surface area contributed by atoms with Crippen molar-refractivity contribution in [3.63, 3.8) is 0 Å². The Bertz CT molecular complexity index is 1890. The number of phosphoric acid groups is 3. The molecule has 0 spiro atoms. The number of nitro groups is 1. The second-order valence-electron chi connectivity index (χ2n) is 10.2. The SMILES string of the molecule is O=C(CCCSSc1ccccn1)Nc1ccn([C@H]2C[C@@H](OCc3ccccc3[N+](=O)[O-])C(COP(=O)(O)OP(=O)(O)OP(=O)(O)O)O2)c(=O)n1. The monoisotopic (exact) mass is 813 g/mol. The van der Waals surface area contributed by atoms with Gasteiger partial charge in [0.05, 0.1) is 29.8 Å². The number of rotatable bonds is 19. The van der Waals surface area contributed by atoms with Gasteiger partial charge in [-0.2, -0.15) is 13.6 Å². The van der Waals surface area contributed by atoms with Gasteiger partial charge in [0.1, 0.15) is 23.2 Å². The molecule has 1 aromatic carbocycles. The Labute approximate surface area is 296 Å². The average molecular weight is 814 g/mol. The number of ether oxygens (including phenoxy) is 2. The van der Waals surface area contributed by atoms with Gasteiger partial charge in [0.25, 0.3) is 5.69 Å². The van der Waals surface area contributed by atoms with Crippen molar-refractivity contribution in [2.75, 3.05) is 17.7 Å². The Kier molecular flexibility index (Phi) is 14.7. The zero-order valence-corrected chi connectivity index (χ0v) is 30.2. The van der Waals surface area contributed by atoms with Crippen LogP contribution in [0.2, 0.25) is 0 Å². The van der Waals surface area contributed by atoms with Gasteiger partial charge >= 0.3 is 29.2 Å². The second kappa shape index (κ2) is 18.3. The van der Waals surface area contributed by atoms with Gasteiger partial charge in [-0.25, -0.2) is 23.5 Å². The predicted molar refractivity (Wildman–Crippen MR) is 179 cm³/mol. The van der Waals surface area contributed by atoms with Gasteiger partial charge in [0.2, 0.25) is 5.91 Å². The summed E-state index contributed by atoms with van der Waals surface area (Å²) in [4.78, 5) is 81.1. The molecule has 21 nitrogen and oxygen atoms in total. The van der Waals surface area contributed by atoms with Gasteiger partial charge in [-0.15, -0.1) is 0 Å². The molecule has 5 N–H and O–H groups in total. The van der Waals surface area contributed by atoms with E-state index in [1.165, 1.54) is 58.1 Å². The number of nitrogens with one attached hydrogen (secondary N) is 1. The number of amides is 1. The molecule has 26 heteroatoms. The molecular formula is C25H30N5O16P3S2. The quantitative estimate of drug-likeness (QED) is 0.0376. The molecule has 2 aromatic heterocycles. The maximum Gasteiger partial charge on any atom is 0.490 e. The van der Waals surface area contributed by atoms with E-state index in [1.807, 2.05) is 18.2 Å². The summed E-state index contributed by atoms with van der Waals surface area (Å²) in [6, 6.07) is 12.5. The summed E-state index contributed by atoms with van der Waals surface area (Å²) in [7, 11) is -14.0. The number of hydrogen-bond donors (Lipinski definition) is 5. The number of phosphoric ester groups is 1. The standard InChI is InChI=1S/C25H30N5O16P3S2/c31-22(8-5-13-50-51-23-9-3-4-11-26-23)27-21-10-12-29(25(32)28-21)24-14-19(42-15-17-6-1-2-7-18(17)30(33)34)20(44-24)16-43-48(38,39)46-49(40,41)45-47(35,36)37/h1-4,6-7,9-12,19-20,24H,5,8,13-16H2,(H,38,39)(H,40,41)(H2,35,36,37)(H,27,28,31,32)/t19-,20?,24-/m1/s1. The number of nitrogens with zero attached hydrogens (tertiary/aromatic N) is 4. The van der Waals surface area contributed by atoms with Gasteiger partial charge < -0.3 is 34.4 Å². The van der Waals surface area contributed by atoms with Crippen LogP contribution >= 0.6 is 45.1 Å². The topological polar surface area (TPSA) is 298 Å². The van der Waals surface area contributed by atoms with Crippen LogP contribution in [0.15, 0.2) is 70.7 Å². The van der Waals surface area contributed by atoms with Crippen molar-refractivity contribution in [2.24, 2.45) is 0 Å². The Morgan fingerprint density at radius 1 is 1.08 bits per heavy atom. The zero-order chi connectivity index (χ0) is 37.2. The first-order valence-electron chi connectivity index (χ1n) is 14.4. The first kappa shape index (κ1) is 40.9. The number of pyridine rings is 1. The maximum absolute atomic E-state index is 13.0. The summed E-state index contributed by atoms with van der Waals surface area (Å²) in [5, 5.41) is 14.8. The summed E-state index contributed by atoms with van der Waals surface area (Å²) < 4.78 is 59.8. The minimum atomic E-state index is -5.81. The third-order valence-corrected chi connectivity index (χ3v) is 12.6. The van der Waals surface area contributed by atoms with Crippen molar-refractivity contribution < 1.29 is 65.6 Å². The van der Waals surface area contributed by atoms with Crippen molar-refractivity contribution in [3.8, 4) is 0 Å². The lowest BCUT2D eigenvalue weighted by atomic mass is 10.1. The van der Waals surface area contributed by atoms with E-state index in [0.717, 1.165) is 9.59 Å². The fourth-order valence-corrected chi connectivity index (χ4v) is 9.37. The van der Waals surface area contributed by atoms with Crippen LogP contribution in [0.4, 0.5) is 11.5 Å². The summed E-state index contributed by atoms with van der Waals surface area (Å²) in [5.41, 5.74) is -0.980. The van der Waals surface area contributed by atoms with Crippen molar-refractivity contribution in [2.45, 2.75) is 49.3 Å². The molecule has 51 heavy (non-hydrogen) atoms. The molecule has 1 aliphatic heterocycles. The molecule has 278 valence electrons. The van der Waals surface area contributed by atoms with Crippen LogP contribution in [0, 0.1) is 10.1 Å². The number of anilines is 1. The molecular weight excluding hydrogens is 783 g/mol. The number of aromatic nitrogens is 3. The van der Waals surface area contributed by atoms with Crippen LogP contribution in [0.1, 0.15) is 31.1 Å². The molecule has 0 radical (unpaired) electrons. The van der Waals surface area contributed by atoms with E-state index < -0.39 is 59.1 Å². The van der Waals surface area contributed by atoms with Crippen LogP contribution in [0.25, 0.3) is 0 Å². The van der Waals surface area contributed by atoms with Crippen molar-refractivity contribution >= 4 is 62.5 Å². The number of hydrogen-bond acceptors (Lipinski definition) is 16. The molecule has 3 aromatic rings. The van der Waals surface area contributed by atoms with Crippen LogP contribution in [0.3, 0.4) is 0 Å². The van der Waals surface area contributed by atoms with Gasteiger partial charge in [0.15, 0.2) is 0 Å². The highest BCUT2D eigenvalue weighted by Gasteiger charge is 2.43. The lowest BCUT2D eigenvalue weighted by Gasteiger charge is -2.21. The van der Waals surface area contributed by atoms with Gasteiger partial charge in [-0.3, -0.25) is 24.0 Å². The minimum absolute atomic E-state index is 0.0387. The van der Waals surface area contributed by atoms with E-state index in [9.17, 15) is 43.2 Å². The van der Waals surface area contributed by atoms with Gasteiger partial charge in [0, 0.05) is 37.1 Å². The number of benzene rings is 1. The first-order valence-corrected chi connectivity index (χ1v) is 21.2. The van der Waals surface area contributed by atoms with Crippen LogP contribution in [-0.4, -0.2) is 69.5 Å². The third kappa shape index (κ3) is 13.6.